The minimum atomic E-state index is -0.292. The molecule has 7 nitrogen and oxygen atoms in total. The van der Waals surface area contributed by atoms with Crippen LogP contribution in [0.25, 0.3) is 0 Å². The van der Waals surface area contributed by atoms with Crippen LogP contribution in [0.4, 0.5) is 0 Å². The minimum Gasteiger partial charge on any atom is -0.465 e. The van der Waals surface area contributed by atoms with Gasteiger partial charge in [0.15, 0.2) is 12.6 Å². The van der Waals surface area contributed by atoms with Crippen LogP contribution in [0.2, 0.25) is 0 Å². The zero-order valence-corrected chi connectivity index (χ0v) is 36.7. The number of ether oxygens (including phenoxy) is 5. The zero-order valence-electron chi connectivity index (χ0n) is 36.7. The number of hydrogen-bond donors (Lipinski definition) is 1. The Morgan fingerprint density at radius 1 is 0.603 bits per heavy atom. The molecule has 0 bridgehead atoms. The number of aliphatic hydroxyl groups excluding tert-OH is 1. The smallest absolute Gasteiger partial charge is 0.338 e. The number of aliphatic hydroxyl groups is 1. The van der Waals surface area contributed by atoms with Crippen LogP contribution in [0.1, 0.15) is 152 Å². The van der Waals surface area contributed by atoms with Gasteiger partial charge in [-0.2, -0.15) is 0 Å². The van der Waals surface area contributed by atoms with Crippen molar-refractivity contribution in [2.75, 3.05) is 20.3 Å². The van der Waals surface area contributed by atoms with Gasteiger partial charge in [0.2, 0.25) is 0 Å². The number of hydrogen-bond acceptors (Lipinski definition) is 7. The Bertz CT molecular complexity index is 1940. The number of methoxy groups -OCH3 is 1. The molecule has 0 spiro atoms. The van der Waals surface area contributed by atoms with Crippen LogP contribution in [-0.2, 0) is 31.6 Å². The van der Waals surface area contributed by atoms with E-state index < -0.39 is 0 Å². The van der Waals surface area contributed by atoms with Gasteiger partial charge in [-0.25, -0.2) is 4.79 Å². The van der Waals surface area contributed by atoms with Gasteiger partial charge < -0.3 is 28.8 Å². The normalized spacial score (nSPS) is 17.2. The topological polar surface area (TPSA) is 83.5 Å². The van der Waals surface area contributed by atoms with Gasteiger partial charge in [0.1, 0.15) is 11.5 Å². The van der Waals surface area contributed by atoms with Crippen molar-refractivity contribution in [3.8, 4) is 11.5 Å². The molecule has 4 aromatic carbocycles. The number of rotatable bonds is 14. The lowest BCUT2D eigenvalue weighted by molar-refractivity contribution is -0.106. The molecule has 58 heavy (non-hydrogen) atoms. The van der Waals surface area contributed by atoms with E-state index in [2.05, 4.69) is 115 Å². The van der Waals surface area contributed by atoms with E-state index in [-0.39, 0.29) is 36.0 Å². The van der Waals surface area contributed by atoms with E-state index in [0.717, 1.165) is 110 Å². The molecule has 2 saturated heterocycles. The maximum Gasteiger partial charge on any atom is 0.338 e. The number of carbonyl (C=O) groups is 1. The largest absolute Gasteiger partial charge is 0.465 e. The van der Waals surface area contributed by atoms with E-state index >= 15 is 0 Å². The molecule has 2 aliphatic heterocycles. The highest BCUT2D eigenvalue weighted by Crippen LogP contribution is 2.43. The van der Waals surface area contributed by atoms with Crippen molar-refractivity contribution in [2.45, 2.75) is 150 Å². The molecule has 2 unspecified atom stereocenters. The summed E-state index contributed by atoms with van der Waals surface area (Å²) < 4.78 is 28.6. The Morgan fingerprint density at radius 3 is 1.36 bits per heavy atom. The number of esters is 1. The molecule has 2 aliphatic rings. The summed E-state index contributed by atoms with van der Waals surface area (Å²) in [5, 5.41) is 9.52. The van der Waals surface area contributed by atoms with Crippen LogP contribution in [0.5, 0.6) is 11.5 Å². The van der Waals surface area contributed by atoms with E-state index in [9.17, 15) is 9.90 Å². The lowest BCUT2D eigenvalue weighted by Gasteiger charge is -2.34. The predicted molar refractivity (Wildman–Crippen MR) is 233 cm³/mol. The molecule has 314 valence electrons. The Balaban J connectivity index is 0.000000221. The highest BCUT2D eigenvalue weighted by molar-refractivity contribution is 5.91. The number of benzene rings is 4. The summed E-state index contributed by atoms with van der Waals surface area (Å²) in [5.41, 5.74) is 11.0. The fourth-order valence-corrected chi connectivity index (χ4v) is 8.99. The van der Waals surface area contributed by atoms with Gasteiger partial charge in [0.25, 0.3) is 0 Å². The van der Waals surface area contributed by atoms with Gasteiger partial charge in [-0.15, -0.1) is 0 Å². The average molecular weight is 793 g/mol. The molecule has 0 aliphatic carbocycles. The quantitative estimate of drug-likeness (QED) is 0.127. The van der Waals surface area contributed by atoms with Gasteiger partial charge in [-0.3, -0.25) is 0 Å². The summed E-state index contributed by atoms with van der Waals surface area (Å²) in [6.45, 7) is 18.9. The van der Waals surface area contributed by atoms with Crippen molar-refractivity contribution in [2.24, 2.45) is 0 Å². The molecule has 4 aromatic rings. The fraction of sp³-hybridized carbons (Fsp3) is 0.510. The summed E-state index contributed by atoms with van der Waals surface area (Å²) in [7, 11) is 1.42. The summed E-state index contributed by atoms with van der Waals surface area (Å²) in [6, 6.07) is 25.7. The number of aryl methyl sites for hydroxylation is 4. The van der Waals surface area contributed by atoms with Crippen LogP contribution in [-0.4, -0.2) is 44.0 Å². The predicted octanol–water partition coefficient (Wildman–Crippen LogP) is 11.9. The van der Waals surface area contributed by atoms with Crippen molar-refractivity contribution in [3.05, 3.63) is 128 Å². The van der Waals surface area contributed by atoms with Gasteiger partial charge in [-0.05, 0) is 147 Å². The van der Waals surface area contributed by atoms with Crippen LogP contribution >= 0.6 is 0 Å². The van der Waals surface area contributed by atoms with Crippen molar-refractivity contribution >= 4 is 5.97 Å². The van der Waals surface area contributed by atoms with Gasteiger partial charge in [0, 0.05) is 23.7 Å². The summed E-state index contributed by atoms with van der Waals surface area (Å²) in [4.78, 5) is 12.0. The molecule has 0 saturated carbocycles. The molecule has 0 aromatic heterocycles. The van der Waals surface area contributed by atoms with Crippen LogP contribution in [0.3, 0.4) is 0 Å². The van der Waals surface area contributed by atoms with E-state index in [1.165, 1.54) is 35.8 Å². The average Bonchev–Trinajstić information content (AvgIpc) is 3.25. The fourth-order valence-electron chi connectivity index (χ4n) is 8.99. The SMILES string of the molecule is CCC(CC)(c1ccc(CO)c(C)c1)c1ccc(OC2CCCCO2)c(C)c1.CCC(CC)(c1ccc(OC2CCCCO2)c(C)c1)c1ccc(C(=O)OC)c(C)c1. The summed E-state index contributed by atoms with van der Waals surface area (Å²) >= 11 is 0. The molecule has 1 N–H and O–H groups in total. The highest BCUT2D eigenvalue weighted by Gasteiger charge is 2.33. The summed E-state index contributed by atoms with van der Waals surface area (Å²) in [5.74, 6) is 1.52. The Labute approximate surface area is 348 Å². The van der Waals surface area contributed by atoms with E-state index in [0.29, 0.717) is 5.56 Å². The molecular weight excluding hydrogens is 725 g/mol. The molecular formula is C51H68O7. The first-order valence-corrected chi connectivity index (χ1v) is 21.7. The molecule has 0 radical (unpaired) electrons. The molecule has 2 fully saturated rings. The first-order chi connectivity index (χ1) is 28.0. The molecule has 2 heterocycles. The maximum atomic E-state index is 12.0. The minimum absolute atomic E-state index is 0.0383. The Morgan fingerprint density at radius 2 is 1.02 bits per heavy atom. The second-order valence-electron chi connectivity index (χ2n) is 16.2. The third-order valence-electron chi connectivity index (χ3n) is 12.9. The van der Waals surface area contributed by atoms with Gasteiger partial charge in [0.05, 0.1) is 32.5 Å². The Hall–Kier alpha value is -4.17. The zero-order chi connectivity index (χ0) is 41.9. The summed E-state index contributed by atoms with van der Waals surface area (Å²) in [6.07, 6.45) is 10.2. The van der Waals surface area contributed by atoms with Crippen molar-refractivity contribution in [3.63, 3.8) is 0 Å². The van der Waals surface area contributed by atoms with E-state index in [1.54, 1.807) is 0 Å². The highest BCUT2D eigenvalue weighted by atomic mass is 16.7. The second kappa shape index (κ2) is 20.7. The third kappa shape index (κ3) is 9.98. The molecule has 6 rings (SSSR count). The standard InChI is InChI=1S/C26H34O4.C25H34O3/c1-6-26(7-2,20-11-13-22(18(3)16-20)25(27)28-5)21-12-14-23(19(4)17-21)30-24-10-8-9-15-29-24;1-5-25(6-2,21-11-10-20(17-26)18(3)15-21)22-12-13-23(19(4)16-22)28-24-9-7-8-14-27-24/h11-14,16-17,24H,6-10,15H2,1-5H3;10-13,15-16,24,26H,5-9,14,17H2,1-4H3. The van der Waals surface area contributed by atoms with Crippen LogP contribution < -0.4 is 9.47 Å². The lowest BCUT2D eigenvalue weighted by atomic mass is 9.70. The maximum absolute atomic E-state index is 12.0. The monoisotopic (exact) mass is 792 g/mol. The molecule has 0 amide bonds. The molecule has 7 heteroatoms. The van der Waals surface area contributed by atoms with Crippen molar-refractivity contribution < 1.29 is 33.6 Å². The first-order valence-electron chi connectivity index (χ1n) is 21.7. The number of carbonyl (C=O) groups excluding carboxylic acids is 1. The third-order valence-corrected chi connectivity index (χ3v) is 12.9. The van der Waals surface area contributed by atoms with Crippen molar-refractivity contribution in [1.82, 2.24) is 0 Å². The Kier molecular flexibility index (Phi) is 16.0. The van der Waals surface area contributed by atoms with Gasteiger partial charge >= 0.3 is 5.97 Å². The van der Waals surface area contributed by atoms with Crippen LogP contribution in [0.15, 0.2) is 72.8 Å². The van der Waals surface area contributed by atoms with Crippen molar-refractivity contribution in [1.29, 1.82) is 0 Å². The lowest BCUT2D eigenvalue weighted by Crippen LogP contribution is -2.27. The van der Waals surface area contributed by atoms with E-state index in [4.69, 9.17) is 23.7 Å². The van der Waals surface area contributed by atoms with Gasteiger partial charge in [-0.1, -0.05) is 82.3 Å². The molecule has 2 atom stereocenters. The second-order valence-corrected chi connectivity index (χ2v) is 16.2. The van der Waals surface area contributed by atoms with E-state index in [1.807, 2.05) is 13.0 Å². The first kappa shape index (κ1) is 44.9. The van der Waals surface area contributed by atoms with Crippen LogP contribution in [0, 0.1) is 27.7 Å².